The first-order valence-corrected chi connectivity index (χ1v) is 10.8. The topological polar surface area (TPSA) is 145 Å². The Hall–Kier alpha value is -3.89. The summed E-state index contributed by atoms with van der Waals surface area (Å²) in [6.07, 6.45) is -0.219. The fourth-order valence-electron chi connectivity index (χ4n) is 3.44. The minimum atomic E-state index is -1.05. The summed E-state index contributed by atoms with van der Waals surface area (Å²) >= 11 is 12.1. The monoisotopic (exact) mass is 500 g/mol. The number of nitrogens with one attached hydrogen (secondary N) is 5. The maximum absolute atomic E-state index is 13.0. The molecule has 1 aromatic heterocycles. The third kappa shape index (κ3) is 5.19. The van der Waals surface area contributed by atoms with Gasteiger partial charge in [0.25, 0.3) is 5.56 Å². The molecule has 2 aromatic carbocycles. The van der Waals surface area contributed by atoms with Gasteiger partial charge in [0.1, 0.15) is 5.82 Å². The number of halogens is 2. The van der Waals surface area contributed by atoms with E-state index in [-0.39, 0.29) is 29.7 Å². The van der Waals surface area contributed by atoms with Gasteiger partial charge < -0.3 is 21.3 Å². The van der Waals surface area contributed by atoms with Crippen molar-refractivity contribution in [1.29, 1.82) is 0 Å². The number of nitrogens with zero attached hydrogens (tertiary/aromatic N) is 1. The molecule has 3 aromatic rings. The van der Waals surface area contributed by atoms with Crippen molar-refractivity contribution >= 4 is 69.8 Å². The zero-order chi connectivity index (χ0) is 24.4. The Morgan fingerprint density at radius 2 is 1.71 bits per heavy atom. The molecular weight excluding hydrogens is 483 g/mol. The summed E-state index contributed by atoms with van der Waals surface area (Å²) in [6, 6.07) is 11.2. The van der Waals surface area contributed by atoms with Gasteiger partial charge in [-0.2, -0.15) is 4.98 Å². The van der Waals surface area contributed by atoms with Crippen molar-refractivity contribution in [2.24, 2.45) is 0 Å². The highest BCUT2D eigenvalue weighted by molar-refractivity contribution is 6.36. The highest BCUT2D eigenvalue weighted by Gasteiger charge is 2.34. The Balaban J connectivity index is 1.58. The summed E-state index contributed by atoms with van der Waals surface area (Å²) in [5.41, 5.74) is 0.896. The number of fused-ring (bicyclic) bond motifs is 1. The van der Waals surface area contributed by atoms with Gasteiger partial charge in [0.2, 0.25) is 23.7 Å². The van der Waals surface area contributed by atoms with Crippen LogP contribution in [-0.4, -0.2) is 27.7 Å². The number of carbonyl (C=O) groups is 3. The second kappa shape index (κ2) is 9.54. The van der Waals surface area contributed by atoms with E-state index in [2.05, 4.69) is 31.2 Å². The highest BCUT2D eigenvalue weighted by atomic mass is 35.5. The van der Waals surface area contributed by atoms with Gasteiger partial charge >= 0.3 is 0 Å². The molecular formula is C22H18Cl2N6O4. The van der Waals surface area contributed by atoms with Crippen molar-refractivity contribution in [1.82, 2.24) is 9.97 Å². The molecule has 2 heterocycles. The fourth-order valence-corrected chi connectivity index (χ4v) is 3.90. The molecule has 5 N–H and O–H groups in total. The molecule has 3 amide bonds. The van der Waals surface area contributed by atoms with E-state index < -0.39 is 23.3 Å². The number of hydrogen-bond acceptors (Lipinski definition) is 6. The van der Waals surface area contributed by atoms with Crippen LogP contribution in [0.2, 0.25) is 10.0 Å². The lowest BCUT2D eigenvalue weighted by Gasteiger charge is -2.23. The summed E-state index contributed by atoms with van der Waals surface area (Å²) in [5, 5.41) is 11.5. The van der Waals surface area contributed by atoms with Gasteiger partial charge in [0, 0.05) is 29.7 Å². The SMILES string of the molecule is CC(=O)Nc1ccc(NC(=O)[C@H]2CC(=O)Nc3nc(Nc4ccc(Cl)cc4Cl)[nH]c(=O)c32)cc1. The van der Waals surface area contributed by atoms with Crippen LogP contribution in [0.4, 0.5) is 28.8 Å². The van der Waals surface area contributed by atoms with Crippen molar-refractivity contribution in [3.05, 3.63) is 68.4 Å². The molecule has 0 saturated heterocycles. The zero-order valence-electron chi connectivity index (χ0n) is 17.7. The van der Waals surface area contributed by atoms with Gasteiger partial charge in [-0.1, -0.05) is 23.2 Å². The van der Waals surface area contributed by atoms with Crippen LogP contribution in [0.15, 0.2) is 47.3 Å². The first-order chi connectivity index (χ1) is 16.2. The second-order valence-corrected chi connectivity index (χ2v) is 8.32. The molecule has 1 aliphatic heterocycles. The maximum atomic E-state index is 13.0. The normalized spacial score (nSPS) is 14.6. The molecule has 0 spiro atoms. The van der Waals surface area contributed by atoms with Crippen LogP contribution in [0.1, 0.15) is 24.8 Å². The smallest absolute Gasteiger partial charge is 0.258 e. The number of hydrogen-bond donors (Lipinski definition) is 5. The van der Waals surface area contributed by atoms with Gasteiger partial charge in [0.05, 0.1) is 22.2 Å². The summed E-state index contributed by atoms with van der Waals surface area (Å²) in [7, 11) is 0. The Morgan fingerprint density at radius 1 is 1.03 bits per heavy atom. The predicted molar refractivity (Wildman–Crippen MR) is 130 cm³/mol. The fraction of sp³-hybridized carbons (Fsp3) is 0.136. The Morgan fingerprint density at radius 3 is 2.35 bits per heavy atom. The number of H-pyrrole nitrogens is 1. The lowest BCUT2D eigenvalue weighted by Crippen LogP contribution is -2.36. The van der Waals surface area contributed by atoms with Crippen molar-refractivity contribution in [2.75, 3.05) is 21.3 Å². The average molecular weight is 501 g/mol. The van der Waals surface area contributed by atoms with Gasteiger partial charge in [-0.15, -0.1) is 0 Å². The summed E-state index contributed by atoms with van der Waals surface area (Å²) < 4.78 is 0. The van der Waals surface area contributed by atoms with Gasteiger partial charge in [-0.05, 0) is 42.5 Å². The molecule has 1 aliphatic rings. The number of aromatic amines is 1. The van der Waals surface area contributed by atoms with Gasteiger partial charge in [-0.3, -0.25) is 24.2 Å². The van der Waals surface area contributed by atoms with Gasteiger partial charge in [0.15, 0.2) is 0 Å². The Kier molecular flexibility index (Phi) is 6.53. The third-order valence-corrected chi connectivity index (χ3v) is 5.47. The molecule has 34 heavy (non-hydrogen) atoms. The van der Waals surface area contributed by atoms with Crippen molar-refractivity contribution in [2.45, 2.75) is 19.3 Å². The summed E-state index contributed by atoms with van der Waals surface area (Å²) in [4.78, 5) is 56.1. The molecule has 0 bridgehead atoms. The van der Waals surface area contributed by atoms with E-state index in [4.69, 9.17) is 23.2 Å². The molecule has 0 saturated carbocycles. The Bertz CT molecular complexity index is 1360. The van der Waals surface area contributed by atoms with Crippen LogP contribution in [0.25, 0.3) is 0 Å². The number of benzene rings is 2. The predicted octanol–water partition coefficient (Wildman–Crippen LogP) is 3.84. The minimum Gasteiger partial charge on any atom is -0.326 e. The molecule has 4 rings (SSSR count). The zero-order valence-corrected chi connectivity index (χ0v) is 19.2. The van der Waals surface area contributed by atoms with Crippen molar-refractivity contribution < 1.29 is 14.4 Å². The molecule has 10 nitrogen and oxygen atoms in total. The van der Waals surface area contributed by atoms with Crippen molar-refractivity contribution in [3.63, 3.8) is 0 Å². The lowest BCUT2D eigenvalue weighted by atomic mass is 9.92. The quantitative estimate of drug-likeness (QED) is 0.359. The number of aromatic nitrogens is 2. The highest BCUT2D eigenvalue weighted by Crippen LogP contribution is 2.31. The molecule has 0 unspecified atom stereocenters. The average Bonchev–Trinajstić information content (AvgIpc) is 2.76. The largest absolute Gasteiger partial charge is 0.326 e. The van der Waals surface area contributed by atoms with E-state index in [9.17, 15) is 19.2 Å². The molecule has 0 radical (unpaired) electrons. The van der Waals surface area contributed by atoms with Crippen molar-refractivity contribution in [3.8, 4) is 0 Å². The van der Waals surface area contributed by atoms with Crippen LogP contribution in [0.5, 0.6) is 0 Å². The van der Waals surface area contributed by atoms with Crippen LogP contribution in [-0.2, 0) is 14.4 Å². The number of anilines is 5. The Labute approximate surface area is 203 Å². The molecule has 12 heteroatoms. The number of carbonyl (C=O) groups excluding carboxylic acids is 3. The number of amides is 3. The van der Waals surface area contributed by atoms with Crippen LogP contribution in [0, 0.1) is 0 Å². The molecule has 1 atom stereocenters. The maximum Gasteiger partial charge on any atom is 0.258 e. The van der Waals surface area contributed by atoms with E-state index in [0.29, 0.717) is 27.1 Å². The van der Waals surface area contributed by atoms with E-state index in [1.54, 1.807) is 36.4 Å². The van der Waals surface area contributed by atoms with E-state index in [1.165, 1.54) is 13.0 Å². The van der Waals surface area contributed by atoms with Crippen LogP contribution >= 0.6 is 23.2 Å². The first kappa shape index (κ1) is 23.3. The van der Waals surface area contributed by atoms with Gasteiger partial charge in [-0.25, -0.2) is 0 Å². The minimum absolute atomic E-state index is 0.0197. The number of rotatable bonds is 5. The van der Waals surface area contributed by atoms with E-state index in [1.807, 2.05) is 0 Å². The standard InChI is InChI=1S/C22H18Cl2N6O4/c1-10(31)25-12-3-5-13(6-4-12)26-20(33)14-9-17(32)28-19-18(14)21(34)30-22(29-19)27-16-7-2-11(23)8-15(16)24/h2-8,14H,9H2,1H3,(H,25,31)(H,26,33)(H3,27,28,29,30,32,34)/t14-/m0/s1. The summed E-state index contributed by atoms with van der Waals surface area (Å²) in [5.74, 6) is -2.26. The van der Waals surface area contributed by atoms with E-state index >= 15 is 0 Å². The van der Waals surface area contributed by atoms with Crippen LogP contribution in [0.3, 0.4) is 0 Å². The molecule has 0 fully saturated rings. The lowest BCUT2D eigenvalue weighted by molar-refractivity contribution is -0.123. The van der Waals surface area contributed by atoms with Crippen LogP contribution < -0.4 is 26.8 Å². The molecule has 174 valence electrons. The summed E-state index contributed by atoms with van der Waals surface area (Å²) in [6.45, 7) is 1.39. The van der Waals surface area contributed by atoms with E-state index in [0.717, 1.165) is 0 Å². The molecule has 0 aliphatic carbocycles. The second-order valence-electron chi connectivity index (χ2n) is 7.48. The first-order valence-electron chi connectivity index (χ1n) is 10.0. The third-order valence-electron chi connectivity index (χ3n) is 4.92.